The molecule has 0 aliphatic rings. The fourth-order valence-electron chi connectivity index (χ4n) is 2.23. The number of ether oxygens (including phenoxy) is 1. The van der Waals surface area contributed by atoms with E-state index in [4.69, 9.17) is 16.6 Å². The van der Waals surface area contributed by atoms with E-state index in [0.717, 1.165) is 6.07 Å². The Balaban J connectivity index is 3.13. The Morgan fingerprint density at radius 1 is 1.37 bits per heavy atom. The number of allylic oxidation sites excluding steroid dienone is 2. The molecule has 9 heteroatoms. The maximum absolute atomic E-state index is 14.1. The minimum Gasteiger partial charge on any atom is -0.456 e. The van der Waals surface area contributed by atoms with E-state index in [0.29, 0.717) is 10.5 Å². The zero-order chi connectivity index (χ0) is 20.6. The number of amidine groups is 1. The molecule has 0 spiro atoms. The van der Waals surface area contributed by atoms with Crippen LogP contribution in [0, 0.1) is 28.5 Å². The summed E-state index contributed by atoms with van der Waals surface area (Å²) < 4.78 is 58.1. The number of nitrogens with two attached hydrogens (primary N) is 1. The fraction of sp³-hybridized carbons (Fsp3) is 0.333. The van der Waals surface area contributed by atoms with Gasteiger partial charge in [0.25, 0.3) is 12.4 Å². The van der Waals surface area contributed by atoms with Crippen molar-refractivity contribution in [3.05, 3.63) is 46.1 Å². The summed E-state index contributed by atoms with van der Waals surface area (Å²) in [4.78, 5) is 0.308. The number of rotatable bonds is 7. The van der Waals surface area contributed by atoms with Crippen molar-refractivity contribution in [1.82, 2.24) is 0 Å². The van der Waals surface area contributed by atoms with E-state index < -0.39 is 43.4 Å². The molecule has 0 aromatic heterocycles. The van der Waals surface area contributed by atoms with Crippen molar-refractivity contribution in [2.75, 3.05) is 6.67 Å². The first-order valence-corrected chi connectivity index (χ1v) is 8.20. The van der Waals surface area contributed by atoms with Gasteiger partial charge in [0.1, 0.15) is 5.82 Å². The summed E-state index contributed by atoms with van der Waals surface area (Å²) in [5, 5.41) is 14.3. The smallest absolute Gasteiger partial charge is 0.279 e. The van der Waals surface area contributed by atoms with Gasteiger partial charge in [-0.25, -0.2) is 13.2 Å². The highest BCUT2D eigenvalue weighted by atomic mass is 32.1. The fourth-order valence-corrected chi connectivity index (χ4v) is 2.48. The topological polar surface area (TPSA) is 83.0 Å². The van der Waals surface area contributed by atoms with E-state index in [1.54, 1.807) is 6.92 Å². The molecule has 27 heavy (non-hydrogen) atoms. The van der Waals surface area contributed by atoms with Gasteiger partial charge >= 0.3 is 0 Å². The molecule has 1 aromatic rings. The Labute approximate surface area is 160 Å². The molecule has 146 valence electrons. The molecule has 0 heterocycles. The Morgan fingerprint density at radius 3 is 2.56 bits per heavy atom. The second kappa shape index (κ2) is 10.6. The van der Waals surface area contributed by atoms with Gasteiger partial charge in [-0.2, -0.15) is 0 Å². The first-order chi connectivity index (χ1) is 12.6. The lowest BCUT2D eigenvalue weighted by Gasteiger charge is -2.22. The molecular weight excluding hydrogens is 382 g/mol. The van der Waals surface area contributed by atoms with Crippen LogP contribution in [0.4, 0.5) is 17.6 Å². The molecule has 0 saturated heterocycles. The Morgan fingerprint density at radius 2 is 2.04 bits per heavy atom. The van der Waals surface area contributed by atoms with Crippen molar-refractivity contribution in [3.8, 4) is 11.8 Å². The largest absolute Gasteiger partial charge is 0.456 e. The van der Waals surface area contributed by atoms with Gasteiger partial charge in [-0.05, 0) is 43.2 Å². The second-order valence-corrected chi connectivity index (χ2v) is 6.12. The Hall–Kier alpha value is -2.47. The third kappa shape index (κ3) is 7.74. The number of hydrogen-bond acceptors (Lipinski definition) is 4. The van der Waals surface area contributed by atoms with Crippen molar-refractivity contribution >= 4 is 24.4 Å². The van der Waals surface area contributed by atoms with E-state index in [1.165, 1.54) is 18.2 Å². The van der Waals surface area contributed by atoms with Gasteiger partial charge < -0.3 is 15.9 Å². The van der Waals surface area contributed by atoms with Crippen LogP contribution >= 0.6 is 12.6 Å². The molecule has 0 radical (unpaired) electrons. The number of nitrogens with one attached hydrogen (secondary N) is 2. The summed E-state index contributed by atoms with van der Waals surface area (Å²) in [6.07, 6.45) is -4.00. The van der Waals surface area contributed by atoms with Crippen LogP contribution in [0.5, 0.6) is 0 Å². The normalized spacial score (nSPS) is 13.5. The summed E-state index contributed by atoms with van der Waals surface area (Å²) in [7, 11) is 0. The lowest BCUT2D eigenvalue weighted by Crippen LogP contribution is -2.31. The molecule has 0 saturated carbocycles. The maximum atomic E-state index is 14.1. The standard InChI is InChI=1S/C18H19F4N3OS/c1-10(23)6-13(27)4-2-11-3-5-15(20)14(7-11)12(9-19)8-16(17(21)22)26-18(24)25/h3,5-7,12,16-17,23,27H,8-9H2,1H3,(H3,24,25)/b13-6-,23-10?/t12-,16-/m0/s1. The molecule has 4 N–H and O–H groups in total. The van der Waals surface area contributed by atoms with Crippen molar-refractivity contribution in [3.63, 3.8) is 0 Å². The number of thiol groups is 1. The maximum Gasteiger partial charge on any atom is 0.279 e. The molecule has 2 atom stereocenters. The summed E-state index contributed by atoms with van der Waals surface area (Å²) in [6, 6.07) is 2.76. The van der Waals surface area contributed by atoms with Crippen molar-refractivity contribution in [2.24, 2.45) is 5.73 Å². The SMILES string of the molecule is CC(=N)/C=C(\S)C#Cc1ccc(F)c([C@H](CF)C[C@H](OC(=N)N)C(F)F)c1. The minimum absolute atomic E-state index is 0.130. The predicted octanol–water partition coefficient (Wildman–Crippen LogP) is 4.02. The summed E-state index contributed by atoms with van der Waals surface area (Å²) in [6.45, 7) is 0.436. The predicted molar refractivity (Wildman–Crippen MR) is 99.9 cm³/mol. The summed E-state index contributed by atoms with van der Waals surface area (Å²) >= 11 is 4.09. The molecule has 4 nitrogen and oxygen atoms in total. The lowest BCUT2D eigenvalue weighted by atomic mass is 9.92. The van der Waals surface area contributed by atoms with E-state index in [-0.39, 0.29) is 11.3 Å². The van der Waals surface area contributed by atoms with Gasteiger partial charge in [0.2, 0.25) is 0 Å². The van der Waals surface area contributed by atoms with Crippen LogP contribution in [0.15, 0.2) is 29.2 Å². The highest BCUT2D eigenvalue weighted by Gasteiger charge is 2.29. The molecular formula is C18H19F4N3OS. The third-order valence-corrected chi connectivity index (χ3v) is 3.63. The molecule has 0 aliphatic carbocycles. The number of hydrogen-bond donors (Lipinski definition) is 4. The van der Waals surface area contributed by atoms with Gasteiger partial charge in [0.05, 0.1) is 11.6 Å². The van der Waals surface area contributed by atoms with Crippen molar-refractivity contribution < 1.29 is 22.3 Å². The van der Waals surface area contributed by atoms with Crippen LogP contribution in [-0.2, 0) is 4.74 Å². The van der Waals surface area contributed by atoms with E-state index in [1.807, 2.05) is 0 Å². The van der Waals surface area contributed by atoms with Gasteiger partial charge in [0, 0.05) is 17.2 Å². The zero-order valence-corrected chi connectivity index (χ0v) is 15.3. The Bertz CT molecular complexity index is 787. The average Bonchev–Trinajstić information content (AvgIpc) is 2.57. The summed E-state index contributed by atoms with van der Waals surface area (Å²) in [5.74, 6) is 3.35. The number of alkyl halides is 3. The minimum atomic E-state index is -3.02. The first-order valence-electron chi connectivity index (χ1n) is 7.76. The molecule has 0 unspecified atom stereocenters. The van der Waals surface area contributed by atoms with Gasteiger partial charge in [0.15, 0.2) is 6.10 Å². The van der Waals surface area contributed by atoms with Gasteiger partial charge in [-0.1, -0.05) is 11.8 Å². The van der Waals surface area contributed by atoms with Crippen LogP contribution in [-0.4, -0.2) is 30.9 Å². The highest BCUT2D eigenvalue weighted by molar-refractivity contribution is 7.84. The third-order valence-electron chi connectivity index (χ3n) is 3.39. The monoisotopic (exact) mass is 401 g/mol. The van der Waals surface area contributed by atoms with E-state index in [2.05, 4.69) is 29.2 Å². The molecule has 0 aliphatic heterocycles. The molecule has 1 aromatic carbocycles. The lowest BCUT2D eigenvalue weighted by molar-refractivity contribution is -0.00680. The van der Waals surface area contributed by atoms with Crippen molar-refractivity contribution in [1.29, 1.82) is 10.8 Å². The average molecular weight is 401 g/mol. The molecule has 0 fully saturated rings. The summed E-state index contributed by atoms with van der Waals surface area (Å²) in [5.41, 5.74) is 5.40. The van der Waals surface area contributed by atoms with E-state index >= 15 is 0 Å². The van der Waals surface area contributed by atoms with Crippen LogP contribution < -0.4 is 5.73 Å². The van der Waals surface area contributed by atoms with Crippen LogP contribution in [0.2, 0.25) is 0 Å². The van der Waals surface area contributed by atoms with E-state index in [9.17, 15) is 17.6 Å². The van der Waals surface area contributed by atoms with Gasteiger partial charge in [-0.15, -0.1) is 12.6 Å². The second-order valence-electron chi connectivity index (χ2n) is 5.64. The van der Waals surface area contributed by atoms with Gasteiger partial charge in [-0.3, -0.25) is 9.80 Å². The quantitative estimate of drug-likeness (QED) is 0.183. The van der Waals surface area contributed by atoms with Crippen LogP contribution in [0.3, 0.4) is 0 Å². The zero-order valence-electron chi connectivity index (χ0n) is 14.4. The molecule has 1 rings (SSSR count). The molecule has 0 bridgehead atoms. The van der Waals surface area contributed by atoms with Crippen molar-refractivity contribution in [2.45, 2.75) is 31.8 Å². The Kier molecular flexibility index (Phi) is 8.88. The van der Waals surface area contributed by atoms with Crippen LogP contribution in [0.1, 0.15) is 30.4 Å². The molecule has 0 amide bonds. The van der Waals surface area contributed by atoms with Crippen LogP contribution in [0.25, 0.3) is 0 Å². The number of benzene rings is 1. The number of halogens is 4. The first kappa shape index (κ1) is 22.6. The highest BCUT2D eigenvalue weighted by Crippen LogP contribution is 2.28.